The molecule has 1 heterocycles. The molecule has 0 spiro atoms. The van der Waals surface area contributed by atoms with Crippen molar-refractivity contribution in [2.45, 2.75) is 6.42 Å². The Morgan fingerprint density at radius 2 is 1.96 bits per heavy atom. The standard InChI is InChI=1S/C16H15N3O3S/c1-21-13-7-6-10(8-14(13)22-2)9-15(20)17-11-4-3-5-12-16(11)19-23-18-12/h3-8H,9H2,1-2H3,(H,17,20). The van der Waals surface area contributed by atoms with Gasteiger partial charge in [0.25, 0.3) is 0 Å². The maximum Gasteiger partial charge on any atom is 0.228 e. The van der Waals surface area contributed by atoms with E-state index in [2.05, 4.69) is 14.1 Å². The Morgan fingerprint density at radius 1 is 1.13 bits per heavy atom. The van der Waals surface area contributed by atoms with Crippen molar-refractivity contribution in [3.63, 3.8) is 0 Å². The van der Waals surface area contributed by atoms with Crippen LogP contribution in [0, 0.1) is 0 Å². The van der Waals surface area contributed by atoms with Gasteiger partial charge in [0, 0.05) is 0 Å². The number of carbonyl (C=O) groups is 1. The number of nitrogens with one attached hydrogen (secondary N) is 1. The van der Waals surface area contributed by atoms with Gasteiger partial charge in [-0.3, -0.25) is 4.79 Å². The van der Waals surface area contributed by atoms with Crippen molar-refractivity contribution in [3.8, 4) is 11.5 Å². The lowest BCUT2D eigenvalue weighted by atomic mass is 10.1. The lowest BCUT2D eigenvalue weighted by Gasteiger charge is -2.10. The number of nitrogens with zero attached hydrogens (tertiary/aromatic N) is 2. The summed E-state index contributed by atoms with van der Waals surface area (Å²) in [7, 11) is 3.14. The Labute approximate surface area is 137 Å². The second-order valence-electron chi connectivity index (χ2n) is 4.85. The molecule has 0 aliphatic heterocycles. The lowest BCUT2D eigenvalue weighted by Crippen LogP contribution is -2.14. The first kappa shape index (κ1) is 15.2. The van der Waals surface area contributed by atoms with Crippen molar-refractivity contribution in [2.24, 2.45) is 0 Å². The van der Waals surface area contributed by atoms with Crippen molar-refractivity contribution >= 4 is 34.4 Å². The van der Waals surface area contributed by atoms with Crippen LogP contribution in [-0.2, 0) is 11.2 Å². The van der Waals surface area contributed by atoms with E-state index in [1.807, 2.05) is 24.3 Å². The van der Waals surface area contributed by atoms with Gasteiger partial charge in [0.05, 0.1) is 38.1 Å². The summed E-state index contributed by atoms with van der Waals surface area (Å²) >= 11 is 1.13. The first-order valence-electron chi connectivity index (χ1n) is 6.93. The third-order valence-electron chi connectivity index (χ3n) is 3.37. The number of benzene rings is 2. The SMILES string of the molecule is COc1ccc(CC(=O)Nc2cccc3nsnc23)cc1OC. The maximum atomic E-state index is 12.3. The van der Waals surface area contributed by atoms with Gasteiger partial charge in [0.1, 0.15) is 11.0 Å². The van der Waals surface area contributed by atoms with Gasteiger partial charge in [-0.1, -0.05) is 12.1 Å². The highest BCUT2D eigenvalue weighted by molar-refractivity contribution is 7.00. The monoisotopic (exact) mass is 329 g/mol. The fourth-order valence-corrected chi connectivity index (χ4v) is 2.83. The van der Waals surface area contributed by atoms with E-state index in [-0.39, 0.29) is 12.3 Å². The van der Waals surface area contributed by atoms with Gasteiger partial charge in [-0.15, -0.1) is 0 Å². The molecule has 0 saturated heterocycles. The molecule has 0 saturated carbocycles. The molecule has 6 nitrogen and oxygen atoms in total. The summed E-state index contributed by atoms with van der Waals surface area (Å²) in [6, 6.07) is 10.9. The molecule has 1 N–H and O–H groups in total. The van der Waals surface area contributed by atoms with Crippen LogP contribution in [0.15, 0.2) is 36.4 Å². The number of anilines is 1. The van der Waals surface area contributed by atoms with Crippen LogP contribution in [0.1, 0.15) is 5.56 Å². The lowest BCUT2D eigenvalue weighted by molar-refractivity contribution is -0.115. The molecule has 0 unspecified atom stereocenters. The number of methoxy groups -OCH3 is 2. The minimum Gasteiger partial charge on any atom is -0.493 e. The predicted molar refractivity (Wildman–Crippen MR) is 89.3 cm³/mol. The van der Waals surface area contributed by atoms with Crippen molar-refractivity contribution in [3.05, 3.63) is 42.0 Å². The van der Waals surface area contributed by atoms with Gasteiger partial charge < -0.3 is 14.8 Å². The number of hydrogen-bond donors (Lipinski definition) is 1. The number of rotatable bonds is 5. The summed E-state index contributed by atoms with van der Waals surface area (Å²) in [4.78, 5) is 12.3. The molecule has 2 aromatic carbocycles. The summed E-state index contributed by atoms with van der Waals surface area (Å²) in [5.41, 5.74) is 2.99. The fourth-order valence-electron chi connectivity index (χ4n) is 2.28. The fraction of sp³-hybridized carbons (Fsp3) is 0.188. The molecule has 0 radical (unpaired) electrons. The number of hydrogen-bond acceptors (Lipinski definition) is 6. The van der Waals surface area contributed by atoms with E-state index in [4.69, 9.17) is 9.47 Å². The van der Waals surface area contributed by atoms with Crippen LogP contribution in [0.5, 0.6) is 11.5 Å². The number of amides is 1. The number of ether oxygens (including phenoxy) is 2. The number of carbonyl (C=O) groups excluding carboxylic acids is 1. The first-order valence-corrected chi connectivity index (χ1v) is 7.66. The van der Waals surface area contributed by atoms with E-state index in [0.717, 1.165) is 22.8 Å². The topological polar surface area (TPSA) is 73.3 Å². The molecule has 23 heavy (non-hydrogen) atoms. The Balaban J connectivity index is 1.76. The minimum atomic E-state index is -0.127. The highest BCUT2D eigenvalue weighted by atomic mass is 32.1. The van der Waals surface area contributed by atoms with Gasteiger partial charge in [-0.2, -0.15) is 8.75 Å². The van der Waals surface area contributed by atoms with Gasteiger partial charge in [-0.25, -0.2) is 0 Å². The van der Waals surface area contributed by atoms with Crippen LogP contribution in [0.3, 0.4) is 0 Å². The quantitative estimate of drug-likeness (QED) is 0.779. The highest BCUT2D eigenvalue weighted by Gasteiger charge is 2.11. The molecule has 1 aromatic heterocycles. The zero-order chi connectivity index (χ0) is 16.2. The van der Waals surface area contributed by atoms with Gasteiger partial charge in [-0.05, 0) is 29.8 Å². The van der Waals surface area contributed by atoms with Crippen molar-refractivity contribution in [1.29, 1.82) is 0 Å². The Bertz CT molecular complexity index is 847. The summed E-state index contributed by atoms with van der Waals surface area (Å²) in [5.74, 6) is 1.11. The summed E-state index contributed by atoms with van der Waals surface area (Å²) in [6.45, 7) is 0. The Hall–Kier alpha value is -2.67. The summed E-state index contributed by atoms with van der Waals surface area (Å²) < 4.78 is 18.8. The average molecular weight is 329 g/mol. The molecule has 7 heteroatoms. The van der Waals surface area contributed by atoms with Gasteiger partial charge in [0.2, 0.25) is 5.91 Å². The van der Waals surface area contributed by atoms with E-state index >= 15 is 0 Å². The average Bonchev–Trinajstić information content (AvgIpc) is 3.04. The van der Waals surface area contributed by atoms with E-state index in [1.54, 1.807) is 26.4 Å². The van der Waals surface area contributed by atoms with Crippen LogP contribution in [0.25, 0.3) is 11.0 Å². The third kappa shape index (κ3) is 3.24. The zero-order valence-electron chi connectivity index (χ0n) is 12.7. The molecular formula is C16H15N3O3S. The summed E-state index contributed by atoms with van der Waals surface area (Å²) in [5, 5.41) is 2.88. The van der Waals surface area contributed by atoms with Crippen molar-refractivity contribution < 1.29 is 14.3 Å². The molecule has 3 rings (SSSR count). The highest BCUT2D eigenvalue weighted by Crippen LogP contribution is 2.28. The second kappa shape index (κ2) is 6.62. The molecule has 3 aromatic rings. The van der Waals surface area contributed by atoms with Crippen LogP contribution in [0.2, 0.25) is 0 Å². The number of aromatic nitrogens is 2. The molecular weight excluding hydrogens is 314 g/mol. The minimum absolute atomic E-state index is 0.127. The van der Waals surface area contributed by atoms with Crippen LogP contribution < -0.4 is 14.8 Å². The summed E-state index contributed by atoms with van der Waals surface area (Å²) in [6.07, 6.45) is 0.230. The third-order valence-corrected chi connectivity index (χ3v) is 3.92. The molecule has 0 bridgehead atoms. The van der Waals surface area contributed by atoms with E-state index < -0.39 is 0 Å². The van der Waals surface area contributed by atoms with E-state index in [9.17, 15) is 4.79 Å². The van der Waals surface area contributed by atoms with Gasteiger partial charge >= 0.3 is 0 Å². The van der Waals surface area contributed by atoms with Crippen LogP contribution >= 0.6 is 11.7 Å². The van der Waals surface area contributed by atoms with Crippen LogP contribution in [-0.4, -0.2) is 28.9 Å². The van der Waals surface area contributed by atoms with Crippen LogP contribution in [0.4, 0.5) is 5.69 Å². The smallest absolute Gasteiger partial charge is 0.228 e. The molecule has 118 valence electrons. The normalized spacial score (nSPS) is 10.5. The Morgan fingerprint density at radius 3 is 2.74 bits per heavy atom. The largest absolute Gasteiger partial charge is 0.493 e. The molecule has 0 fully saturated rings. The Kier molecular flexibility index (Phi) is 4.38. The zero-order valence-corrected chi connectivity index (χ0v) is 13.5. The van der Waals surface area contributed by atoms with Crippen molar-refractivity contribution in [1.82, 2.24) is 8.75 Å². The molecule has 0 atom stereocenters. The molecule has 1 amide bonds. The molecule has 0 aliphatic rings. The van der Waals surface area contributed by atoms with E-state index in [1.165, 1.54) is 0 Å². The second-order valence-corrected chi connectivity index (χ2v) is 5.38. The first-order chi connectivity index (χ1) is 11.2. The van der Waals surface area contributed by atoms with Gasteiger partial charge in [0.15, 0.2) is 11.5 Å². The molecule has 0 aliphatic carbocycles. The maximum absolute atomic E-state index is 12.3. The number of fused-ring (bicyclic) bond motifs is 1. The van der Waals surface area contributed by atoms with E-state index in [0.29, 0.717) is 22.7 Å². The van der Waals surface area contributed by atoms with Crippen molar-refractivity contribution in [2.75, 3.05) is 19.5 Å². The predicted octanol–water partition coefficient (Wildman–Crippen LogP) is 2.89.